The van der Waals surface area contributed by atoms with E-state index in [0.29, 0.717) is 0 Å². The first-order chi connectivity index (χ1) is 10.3. The summed E-state index contributed by atoms with van der Waals surface area (Å²) in [5, 5.41) is 0.746. The zero-order valence-electron chi connectivity index (χ0n) is 12.1. The predicted molar refractivity (Wildman–Crippen MR) is 90.0 cm³/mol. The number of nitrogens with two attached hydrogens (primary N) is 1. The van der Waals surface area contributed by atoms with Crippen LogP contribution in [-0.2, 0) is 0 Å². The summed E-state index contributed by atoms with van der Waals surface area (Å²) in [5.74, 6) is 0. The van der Waals surface area contributed by atoms with Gasteiger partial charge in [0.15, 0.2) is 0 Å². The van der Waals surface area contributed by atoms with Crippen LogP contribution in [0.15, 0.2) is 48.5 Å². The van der Waals surface area contributed by atoms with Gasteiger partial charge in [0.25, 0.3) is 0 Å². The highest BCUT2D eigenvalue weighted by Gasteiger charge is 2.18. The van der Waals surface area contributed by atoms with Crippen molar-refractivity contribution < 1.29 is 0 Å². The molecule has 1 fully saturated rings. The van der Waals surface area contributed by atoms with Gasteiger partial charge < -0.3 is 10.6 Å². The van der Waals surface area contributed by atoms with Crippen molar-refractivity contribution in [1.29, 1.82) is 0 Å². The minimum Gasteiger partial charge on any atom is -0.371 e. The average molecular weight is 301 g/mol. The number of nitrogens with zero attached hydrogens (tertiary/aromatic N) is 1. The van der Waals surface area contributed by atoms with Gasteiger partial charge in [-0.05, 0) is 48.6 Å². The van der Waals surface area contributed by atoms with Gasteiger partial charge in [-0.1, -0.05) is 41.9 Å². The third-order valence-electron chi connectivity index (χ3n) is 4.20. The largest absolute Gasteiger partial charge is 0.371 e. The summed E-state index contributed by atoms with van der Waals surface area (Å²) in [6, 6.07) is 16.2. The molecule has 0 radical (unpaired) electrons. The molecular formula is C18H21ClN2. The smallest absolute Gasteiger partial charge is 0.0572 e. The van der Waals surface area contributed by atoms with E-state index in [9.17, 15) is 0 Å². The quantitative estimate of drug-likeness (QED) is 0.911. The summed E-state index contributed by atoms with van der Waals surface area (Å²) in [4.78, 5) is 2.47. The highest BCUT2D eigenvalue weighted by Crippen LogP contribution is 2.31. The molecule has 2 N–H and O–H groups in total. The van der Waals surface area contributed by atoms with Gasteiger partial charge in [-0.15, -0.1) is 0 Å². The normalized spacial score (nSPS) is 16.8. The molecule has 1 atom stereocenters. The first-order valence-electron chi connectivity index (χ1n) is 7.60. The number of anilines is 1. The standard InChI is InChI=1S/C18H21ClN2/c19-15-10-8-14(9-11-15)18(20)16-6-2-3-7-17(16)21-12-4-1-5-13-21/h2-3,6-11,18H,1,4-5,12-13,20H2. The van der Waals surface area contributed by atoms with Crippen molar-refractivity contribution in [2.24, 2.45) is 5.73 Å². The van der Waals surface area contributed by atoms with Gasteiger partial charge in [0.1, 0.15) is 0 Å². The summed E-state index contributed by atoms with van der Waals surface area (Å²) in [5.41, 5.74) is 10.1. The maximum Gasteiger partial charge on any atom is 0.0572 e. The number of hydrogen-bond acceptors (Lipinski definition) is 2. The summed E-state index contributed by atoms with van der Waals surface area (Å²) in [6.45, 7) is 2.26. The molecule has 3 rings (SSSR count). The van der Waals surface area contributed by atoms with Crippen LogP contribution >= 0.6 is 11.6 Å². The van der Waals surface area contributed by atoms with Gasteiger partial charge in [-0.2, -0.15) is 0 Å². The molecule has 1 unspecified atom stereocenters. The molecular weight excluding hydrogens is 280 g/mol. The van der Waals surface area contributed by atoms with Crippen LogP contribution in [0.4, 0.5) is 5.69 Å². The van der Waals surface area contributed by atoms with Gasteiger partial charge in [0, 0.05) is 23.8 Å². The van der Waals surface area contributed by atoms with Gasteiger partial charge in [0.2, 0.25) is 0 Å². The van der Waals surface area contributed by atoms with Crippen molar-refractivity contribution in [3.8, 4) is 0 Å². The number of rotatable bonds is 3. The lowest BCUT2D eigenvalue weighted by molar-refractivity contribution is 0.575. The van der Waals surface area contributed by atoms with E-state index in [1.807, 2.05) is 24.3 Å². The van der Waals surface area contributed by atoms with E-state index < -0.39 is 0 Å². The molecule has 1 aliphatic heterocycles. The molecule has 0 saturated carbocycles. The van der Waals surface area contributed by atoms with Crippen LogP contribution in [-0.4, -0.2) is 13.1 Å². The van der Waals surface area contributed by atoms with Crippen LogP contribution in [0.2, 0.25) is 5.02 Å². The molecule has 0 aliphatic carbocycles. The topological polar surface area (TPSA) is 29.3 Å². The molecule has 0 bridgehead atoms. The molecule has 2 aromatic carbocycles. The fourth-order valence-electron chi connectivity index (χ4n) is 3.02. The van der Waals surface area contributed by atoms with Crippen molar-refractivity contribution in [2.45, 2.75) is 25.3 Å². The molecule has 3 heteroatoms. The molecule has 0 aromatic heterocycles. The van der Waals surface area contributed by atoms with Gasteiger partial charge in [0.05, 0.1) is 6.04 Å². The number of benzene rings is 2. The number of piperidine rings is 1. The van der Waals surface area contributed by atoms with Crippen LogP contribution in [0.5, 0.6) is 0 Å². The molecule has 2 aromatic rings. The van der Waals surface area contributed by atoms with Crippen LogP contribution in [0.25, 0.3) is 0 Å². The molecule has 1 aliphatic rings. The van der Waals surface area contributed by atoms with E-state index >= 15 is 0 Å². The van der Waals surface area contributed by atoms with E-state index in [-0.39, 0.29) is 6.04 Å². The van der Waals surface area contributed by atoms with E-state index in [0.717, 1.165) is 23.7 Å². The summed E-state index contributed by atoms with van der Waals surface area (Å²) in [7, 11) is 0. The van der Waals surface area contributed by atoms with E-state index in [4.69, 9.17) is 17.3 Å². The van der Waals surface area contributed by atoms with E-state index in [1.54, 1.807) is 0 Å². The zero-order valence-corrected chi connectivity index (χ0v) is 12.9. The Morgan fingerprint density at radius 1 is 0.905 bits per heavy atom. The van der Waals surface area contributed by atoms with E-state index in [1.165, 1.54) is 30.5 Å². The number of para-hydroxylation sites is 1. The minimum atomic E-state index is -0.111. The second-order valence-electron chi connectivity index (χ2n) is 5.64. The molecule has 0 amide bonds. The Morgan fingerprint density at radius 3 is 2.29 bits per heavy atom. The second kappa shape index (κ2) is 6.50. The number of halogens is 1. The Labute approximate surface area is 131 Å². The maximum absolute atomic E-state index is 6.50. The van der Waals surface area contributed by atoms with Gasteiger partial charge in [-0.25, -0.2) is 0 Å². The maximum atomic E-state index is 6.50. The van der Waals surface area contributed by atoms with Crippen LogP contribution in [0.1, 0.15) is 36.4 Å². The minimum absolute atomic E-state index is 0.111. The van der Waals surface area contributed by atoms with Crippen molar-refractivity contribution in [1.82, 2.24) is 0 Å². The van der Waals surface area contributed by atoms with Crippen LogP contribution < -0.4 is 10.6 Å². The molecule has 21 heavy (non-hydrogen) atoms. The fourth-order valence-corrected chi connectivity index (χ4v) is 3.15. The fraction of sp³-hybridized carbons (Fsp3) is 0.333. The lowest BCUT2D eigenvalue weighted by Crippen LogP contribution is -2.31. The first kappa shape index (κ1) is 14.4. The summed E-state index contributed by atoms with van der Waals surface area (Å²) in [6.07, 6.45) is 3.87. The monoisotopic (exact) mass is 300 g/mol. The lowest BCUT2D eigenvalue weighted by Gasteiger charge is -2.32. The Bertz CT molecular complexity index is 588. The Hall–Kier alpha value is -1.51. The third kappa shape index (κ3) is 3.22. The Morgan fingerprint density at radius 2 is 1.57 bits per heavy atom. The zero-order chi connectivity index (χ0) is 14.7. The van der Waals surface area contributed by atoms with Crippen molar-refractivity contribution in [2.75, 3.05) is 18.0 Å². The van der Waals surface area contributed by atoms with Crippen molar-refractivity contribution in [3.63, 3.8) is 0 Å². The molecule has 0 spiro atoms. The third-order valence-corrected chi connectivity index (χ3v) is 4.45. The van der Waals surface area contributed by atoms with Crippen molar-refractivity contribution >= 4 is 17.3 Å². The summed E-state index contributed by atoms with van der Waals surface area (Å²) < 4.78 is 0. The second-order valence-corrected chi connectivity index (χ2v) is 6.07. The highest BCUT2D eigenvalue weighted by atomic mass is 35.5. The van der Waals surface area contributed by atoms with Crippen molar-refractivity contribution in [3.05, 3.63) is 64.7 Å². The number of hydrogen-bond donors (Lipinski definition) is 1. The van der Waals surface area contributed by atoms with Gasteiger partial charge >= 0.3 is 0 Å². The molecule has 1 heterocycles. The molecule has 1 saturated heterocycles. The van der Waals surface area contributed by atoms with Crippen LogP contribution in [0.3, 0.4) is 0 Å². The Kier molecular flexibility index (Phi) is 4.47. The lowest BCUT2D eigenvalue weighted by atomic mass is 9.96. The highest BCUT2D eigenvalue weighted by molar-refractivity contribution is 6.30. The van der Waals surface area contributed by atoms with E-state index in [2.05, 4.69) is 29.2 Å². The Balaban J connectivity index is 1.92. The van der Waals surface area contributed by atoms with Gasteiger partial charge in [-0.3, -0.25) is 0 Å². The average Bonchev–Trinajstić information content (AvgIpc) is 2.56. The SMILES string of the molecule is NC(c1ccc(Cl)cc1)c1ccccc1N1CCCCC1. The summed E-state index contributed by atoms with van der Waals surface area (Å²) >= 11 is 5.97. The van der Waals surface area contributed by atoms with Crippen LogP contribution in [0, 0.1) is 0 Å². The molecule has 2 nitrogen and oxygen atoms in total. The predicted octanol–water partition coefficient (Wildman–Crippen LogP) is 4.38. The molecule has 110 valence electrons. The first-order valence-corrected chi connectivity index (χ1v) is 7.98.